The Morgan fingerprint density at radius 3 is 2.43 bits per heavy atom. The van der Waals surface area contributed by atoms with E-state index in [1.54, 1.807) is 6.07 Å². The number of ether oxygens (including phenoxy) is 3. The van der Waals surface area contributed by atoms with E-state index in [9.17, 15) is 39.9 Å². The zero-order chi connectivity index (χ0) is 31.7. The molecule has 5 aliphatic rings. The monoisotopic (exact) mass is 620 g/mol. The van der Waals surface area contributed by atoms with Gasteiger partial charge in [-0.25, -0.2) is 4.79 Å². The van der Waals surface area contributed by atoms with E-state index in [-0.39, 0.29) is 24.2 Å². The molecular formula is C32H44O12. The largest absolute Gasteiger partial charge is 0.458 e. The molecule has 0 radical (unpaired) electrons. The summed E-state index contributed by atoms with van der Waals surface area (Å²) in [7, 11) is 0. The molecule has 13 atom stereocenters. The SMILES string of the molecule is CC(=O)O[C@]12CC[C@@H]3[C@H](CC[C@]4(C)[C@@H](c5ccc(=O)oc5)CC[C@]34O)[C@@]1(C=O)CC[C@H](O[C@@H]1O[C@H](CO)[C@@H](O)[C@H](O)[C@H]1O)C2. The van der Waals surface area contributed by atoms with Crippen molar-refractivity contribution in [1.82, 2.24) is 0 Å². The van der Waals surface area contributed by atoms with E-state index >= 15 is 0 Å². The van der Waals surface area contributed by atoms with Crippen LogP contribution in [0, 0.1) is 22.7 Å². The third-order valence-electron chi connectivity index (χ3n) is 12.3. The molecule has 0 bridgehead atoms. The van der Waals surface area contributed by atoms with E-state index in [1.807, 2.05) is 0 Å². The van der Waals surface area contributed by atoms with Crippen LogP contribution in [0.3, 0.4) is 0 Å². The summed E-state index contributed by atoms with van der Waals surface area (Å²) in [5.74, 6) is -1.03. The Hall–Kier alpha value is -2.19. The van der Waals surface area contributed by atoms with Crippen molar-refractivity contribution < 1.29 is 53.7 Å². The van der Waals surface area contributed by atoms with Gasteiger partial charge in [-0.3, -0.25) is 4.79 Å². The second kappa shape index (κ2) is 11.3. The Morgan fingerprint density at radius 2 is 1.77 bits per heavy atom. The molecule has 2 heterocycles. The lowest BCUT2D eigenvalue weighted by Gasteiger charge is -2.65. The van der Waals surface area contributed by atoms with Gasteiger partial charge in [-0.15, -0.1) is 0 Å². The molecule has 0 unspecified atom stereocenters. The molecular weight excluding hydrogens is 576 g/mol. The number of carbonyl (C=O) groups is 2. The molecule has 44 heavy (non-hydrogen) atoms. The topological polar surface area (TPSA) is 193 Å². The van der Waals surface area contributed by atoms with Gasteiger partial charge in [0.05, 0.1) is 30.0 Å². The van der Waals surface area contributed by atoms with Gasteiger partial charge in [0.2, 0.25) is 0 Å². The van der Waals surface area contributed by atoms with Crippen LogP contribution in [0.1, 0.15) is 83.1 Å². The van der Waals surface area contributed by atoms with Crippen molar-refractivity contribution in [2.75, 3.05) is 6.61 Å². The van der Waals surface area contributed by atoms with E-state index in [0.29, 0.717) is 51.4 Å². The van der Waals surface area contributed by atoms with Gasteiger partial charge in [0.1, 0.15) is 36.3 Å². The number of aliphatic hydroxyl groups excluding tert-OH is 4. The Labute approximate surface area is 255 Å². The Bertz CT molecular complexity index is 1290. The van der Waals surface area contributed by atoms with Crippen LogP contribution in [0.15, 0.2) is 27.6 Å². The summed E-state index contributed by atoms with van der Waals surface area (Å²) >= 11 is 0. The Balaban J connectivity index is 1.29. The minimum absolute atomic E-state index is 0.0205. The van der Waals surface area contributed by atoms with E-state index in [2.05, 4.69) is 6.92 Å². The lowest BCUT2D eigenvalue weighted by Crippen LogP contribution is -2.70. The van der Waals surface area contributed by atoms with Gasteiger partial charge in [0.25, 0.3) is 0 Å². The Kier molecular flexibility index (Phi) is 8.13. The zero-order valence-corrected chi connectivity index (χ0v) is 25.2. The van der Waals surface area contributed by atoms with Crippen LogP contribution in [-0.2, 0) is 23.8 Å². The van der Waals surface area contributed by atoms with E-state index in [0.717, 1.165) is 11.8 Å². The van der Waals surface area contributed by atoms with Gasteiger partial charge in [-0.1, -0.05) is 6.92 Å². The first-order valence-electron chi connectivity index (χ1n) is 15.8. The van der Waals surface area contributed by atoms with Gasteiger partial charge < -0.3 is 49.0 Å². The molecule has 0 spiro atoms. The van der Waals surface area contributed by atoms with Crippen molar-refractivity contribution >= 4 is 12.3 Å². The lowest BCUT2D eigenvalue weighted by molar-refractivity contribution is -0.323. The molecule has 1 saturated heterocycles. The highest BCUT2D eigenvalue weighted by Crippen LogP contribution is 2.71. The summed E-state index contributed by atoms with van der Waals surface area (Å²) in [4.78, 5) is 37.6. The maximum absolute atomic E-state index is 13.4. The van der Waals surface area contributed by atoms with Crippen LogP contribution in [0.4, 0.5) is 0 Å². The smallest absolute Gasteiger partial charge is 0.335 e. The first-order chi connectivity index (χ1) is 20.8. The first kappa shape index (κ1) is 31.8. The number of carbonyl (C=O) groups excluding carboxylic acids is 2. The number of hydrogen-bond acceptors (Lipinski definition) is 12. The molecule has 1 aromatic rings. The zero-order valence-electron chi connectivity index (χ0n) is 25.2. The standard InChI is InChI=1S/C32H44O12/c1-17(35)44-31-11-7-22-21(6-9-29(2)20(8-12-32(22,29)40)18-3-4-24(36)41-15-18)30(31,16-34)10-5-19(13-31)42-28-27(39)26(38)25(37)23(14-33)43-28/h3-4,15-16,19-23,25-28,33,37-40H,5-14H2,1-2H3/t19-,20+,21-,22+,23+,25+,26-,27+,28+,29+,30-,31-,32-/m0/s1. The van der Waals surface area contributed by atoms with Gasteiger partial charge in [0, 0.05) is 24.8 Å². The summed E-state index contributed by atoms with van der Waals surface area (Å²) < 4.78 is 23.0. The average molecular weight is 621 g/mol. The number of aldehydes is 1. The maximum atomic E-state index is 13.4. The van der Waals surface area contributed by atoms with Crippen molar-refractivity contribution in [3.8, 4) is 0 Å². The minimum atomic E-state index is -1.60. The number of rotatable bonds is 6. The van der Waals surface area contributed by atoms with Crippen molar-refractivity contribution in [2.24, 2.45) is 22.7 Å². The van der Waals surface area contributed by atoms with Crippen molar-refractivity contribution in [1.29, 1.82) is 0 Å². The fourth-order valence-electron chi connectivity index (χ4n) is 10.2. The fourth-order valence-corrected chi connectivity index (χ4v) is 10.2. The molecule has 244 valence electrons. The van der Waals surface area contributed by atoms with Crippen LogP contribution in [0.2, 0.25) is 0 Å². The molecule has 4 saturated carbocycles. The lowest BCUT2D eigenvalue weighted by atomic mass is 9.41. The highest BCUT2D eigenvalue weighted by atomic mass is 16.7. The third kappa shape index (κ3) is 4.55. The molecule has 4 aliphatic carbocycles. The molecule has 5 fully saturated rings. The predicted molar refractivity (Wildman–Crippen MR) is 151 cm³/mol. The van der Waals surface area contributed by atoms with Crippen molar-refractivity contribution in [2.45, 2.75) is 126 Å². The fraction of sp³-hybridized carbons (Fsp3) is 0.781. The van der Waals surface area contributed by atoms with Gasteiger partial charge in [-0.2, -0.15) is 0 Å². The molecule has 5 N–H and O–H groups in total. The third-order valence-corrected chi connectivity index (χ3v) is 12.3. The summed E-state index contributed by atoms with van der Waals surface area (Å²) in [5.41, 5.74) is -3.44. The number of aliphatic hydroxyl groups is 5. The van der Waals surface area contributed by atoms with Crippen LogP contribution in [-0.4, -0.2) is 92.4 Å². The summed E-state index contributed by atoms with van der Waals surface area (Å²) in [5, 5.41) is 53.1. The number of fused-ring (bicyclic) bond motifs is 5. The highest BCUT2D eigenvalue weighted by molar-refractivity contribution is 5.70. The predicted octanol–water partition coefficient (Wildman–Crippen LogP) is 0.931. The van der Waals surface area contributed by atoms with Crippen molar-refractivity contribution in [3.63, 3.8) is 0 Å². The molecule has 1 aliphatic heterocycles. The second-order valence-electron chi connectivity index (χ2n) is 14.1. The van der Waals surface area contributed by atoms with Crippen LogP contribution in [0.25, 0.3) is 0 Å². The quantitative estimate of drug-likeness (QED) is 0.172. The normalized spacial score (nSPS) is 48.5. The number of esters is 1. The summed E-state index contributed by atoms with van der Waals surface area (Å²) in [6.07, 6.45) is -1.21. The first-order valence-corrected chi connectivity index (χ1v) is 15.8. The van der Waals surface area contributed by atoms with Gasteiger partial charge >= 0.3 is 11.6 Å². The second-order valence-corrected chi connectivity index (χ2v) is 14.1. The molecule has 12 heteroatoms. The van der Waals surface area contributed by atoms with Crippen LogP contribution < -0.4 is 5.63 Å². The van der Waals surface area contributed by atoms with Crippen LogP contribution in [0.5, 0.6) is 0 Å². The minimum Gasteiger partial charge on any atom is -0.458 e. The molecule has 12 nitrogen and oxygen atoms in total. The summed E-state index contributed by atoms with van der Waals surface area (Å²) in [6, 6.07) is 3.18. The maximum Gasteiger partial charge on any atom is 0.335 e. The van der Waals surface area contributed by atoms with E-state index < -0.39 is 77.0 Å². The van der Waals surface area contributed by atoms with Gasteiger partial charge in [-0.05, 0) is 80.8 Å². The summed E-state index contributed by atoms with van der Waals surface area (Å²) in [6.45, 7) is 2.81. The molecule has 0 aromatic carbocycles. The Morgan fingerprint density at radius 1 is 1.02 bits per heavy atom. The molecule has 0 amide bonds. The highest BCUT2D eigenvalue weighted by Gasteiger charge is 2.72. The van der Waals surface area contributed by atoms with E-state index in [4.69, 9.17) is 18.6 Å². The van der Waals surface area contributed by atoms with E-state index in [1.165, 1.54) is 19.3 Å². The van der Waals surface area contributed by atoms with Gasteiger partial charge in [0.15, 0.2) is 6.29 Å². The molecule has 6 rings (SSSR count). The molecule has 1 aromatic heterocycles. The average Bonchev–Trinajstić information content (AvgIpc) is 3.28. The number of hydrogen-bond donors (Lipinski definition) is 5. The van der Waals surface area contributed by atoms with Crippen LogP contribution >= 0.6 is 0 Å². The van der Waals surface area contributed by atoms with Crippen molar-refractivity contribution in [3.05, 3.63) is 34.4 Å².